The molecule has 0 atom stereocenters. The Labute approximate surface area is 275 Å². The highest BCUT2D eigenvalue weighted by Gasteiger charge is 2.45. The van der Waals surface area contributed by atoms with Gasteiger partial charge in [0.25, 0.3) is 0 Å². The van der Waals surface area contributed by atoms with Crippen LogP contribution in [0.15, 0.2) is 158 Å². The van der Waals surface area contributed by atoms with Crippen molar-refractivity contribution in [2.45, 2.75) is 5.41 Å². The molecule has 0 spiro atoms. The van der Waals surface area contributed by atoms with Crippen molar-refractivity contribution in [2.24, 2.45) is 0 Å². The standard InChI is InChI=1S/C42H26N4S/c1-3-11-28(12-4-1)42(29-13-5-2-6-14-29)33-18-10-19-35-39(33)46(41(45-35)36-23-24-43-26-44-36)37-22-21-27(25-34(37)42)30-16-9-17-32-31-15-7-8-20-38(31)47-40(30)32/h1-26H. The Morgan fingerprint density at radius 3 is 2.15 bits per heavy atom. The fourth-order valence-corrected chi connectivity index (χ4v) is 8.98. The van der Waals surface area contributed by atoms with Gasteiger partial charge in [0.1, 0.15) is 12.0 Å². The lowest BCUT2D eigenvalue weighted by Crippen LogP contribution is -2.35. The Kier molecular flexibility index (Phi) is 5.63. The van der Waals surface area contributed by atoms with Crippen molar-refractivity contribution in [3.63, 3.8) is 0 Å². The first-order chi connectivity index (χ1) is 23.3. The van der Waals surface area contributed by atoms with E-state index in [0.717, 1.165) is 28.2 Å². The minimum absolute atomic E-state index is 0.597. The summed E-state index contributed by atoms with van der Waals surface area (Å²) < 4.78 is 4.93. The molecule has 220 valence electrons. The summed E-state index contributed by atoms with van der Waals surface area (Å²) in [6, 6.07) is 52.8. The Hall–Kier alpha value is -5.91. The smallest absolute Gasteiger partial charge is 0.164 e. The quantitative estimate of drug-likeness (QED) is 0.197. The van der Waals surface area contributed by atoms with E-state index in [0.29, 0.717) is 0 Å². The number of thiophene rings is 1. The monoisotopic (exact) mass is 618 g/mol. The molecule has 47 heavy (non-hydrogen) atoms. The summed E-state index contributed by atoms with van der Waals surface area (Å²) in [6.07, 6.45) is 3.38. The molecule has 0 saturated carbocycles. The van der Waals surface area contributed by atoms with Crippen LogP contribution >= 0.6 is 11.3 Å². The first kappa shape index (κ1) is 26.3. The van der Waals surface area contributed by atoms with E-state index in [-0.39, 0.29) is 0 Å². The largest absolute Gasteiger partial charge is 0.290 e. The summed E-state index contributed by atoms with van der Waals surface area (Å²) in [5.41, 5.74) is 10.6. The van der Waals surface area contributed by atoms with Crippen LogP contribution < -0.4 is 0 Å². The minimum atomic E-state index is -0.597. The molecular weight excluding hydrogens is 593 g/mol. The van der Waals surface area contributed by atoms with E-state index in [4.69, 9.17) is 4.98 Å². The number of nitrogens with zero attached hydrogens (tertiary/aromatic N) is 4. The number of hydrogen-bond acceptors (Lipinski definition) is 4. The van der Waals surface area contributed by atoms with Gasteiger partial charge in [-0.15, -0.1) is 11.3 Å². The van der Waals surface area contributed by atoms with Gasteiger partial charge in [0.15, 0.2) is 5.82 Å². The SMILES string of the molecule is c1ccc(C2(c3ccccc3)c3cc(-c4cccc5c4sc4ccccc45)ccc3-n3c(-c4ccncn4)nc4cccc2c43)cc1. The van der Waals surface area contributed by atoms with Crippen LogP contribution in [0, 0.1) is 0 Å². The van der Waals surface area contributed by atoms with Gasteiger partial charge in [0.05, 0.1) is 22.1 Å². The van der Waals surface area contributed by atoms with E-state index in [1.54, 1.807) is 12.5 Å². The number of benzene rings is 6. The Morgan fingerprint density at radius 2 is 1.36 bits per heavy atom. The van der Waals surface area contributed by atoms with Gasteiger partial charge >= 0.3 is 0 Å². The minimum Gasteiger partial charge on any atom is -0.290 e. The van der Waals surface area contributed by atoms with E-state index >= 15 is 0 Å². The van der Waals surface area contributed by atoms with Gasteiger partial charge in [-0.3, -0.25) is 4.57 Å². The number of rotatable bonds is 4. The van der Waals surface area contributed by atoms with Crippen LogP contribution in [0.2, 0.25) is 0 Å². The van der Waals surface area contributed by atoms with Crippen molar-refractivity contribution in [1.29, 1.82) is 0 Å². The highest BCUT2D eigenvalue weighted by molar-refractivity contribution is 7.26. The Morgan fingerprint density at radius 1 is 0.617 bits per heavy atom. The van der Waals surface area contributed by atoms with Crippen molar-refractivity contribution in [2.75, 3.05) is 0 Å². The first-order valence-electron chi connectivity index (χ1n) is 15.8. The summed E-state index contributed by atoms with van der Waals surface area (Å²) in [5, 5.41) is 2.60. The molecule has 1 aliphatic heterocycles. The van der Waals surface area contributed by atoms with E-state index < -0.39 is 5.41 Å². The molecule has 4 heterocycles. The molecule has 0 aliphatic carbocycles. The van der Waals surface area contributed by atoms with Crippen molar-refractivity contribution >= 4 is 42.5 Å². The second-order valence-corrected chi connectivity index (χ2v) is 13.1. The highest BCUT2D eigenvalue weighted by Crippen LogP contribution is 2.54. The molecule has 0 unspecified atom stereocenters. The molecule has 10 rings (SSSR count). The predicted octanol–water partition coefficient (Wildman–Crippen LogP) is 10.2. The molecule has 0 saturated heterocycles. The topological polar surface area (TPSA) is 43.6 Å². The number of para-hydroxylation sites is 1. The van der Waals surface area contributed by atoms with Crippen molar-refractivity contribution in [1.82, 2.24) is 19.5 Å². The van der Waals surface area contributed by atoms with E-state index in [9.17, 15) is 0 Å². The van der Waals surface area contributed by atoms with Crippen molar-refractivity contribution in [3.8, 4) is 28.3 Å². The van der Waals surface area contributed by atoms with Crippen LogP contribution in [0.3, 0.4) is 0 Å². The van der Waals surface area contributed by atoms with E-state index in [1.165, 1.54) is 53.6 Å². The van der Waals surface area contributed by atoms with E-state index in [1.807, 2.05) is 17.4 Å². The summed E-state index contributed by atoms with van der Waals surface area (Å²) >= 11 is 1.87. The molecular formula is C42H26N4S. The van der Waals surface area contributed by atoms with Crippen LogP contribution in [0.25, 0.3) is 59.5 Å². The third kappa shape index (κ3) is 3.66. The van der Waals surface area contributed by atoms with Crippen LogP contribution in [-0.4, -0.2) is 19.5 Å². The van der Waals surface area contributed by atoms with Crippen LogP contribution in [0.4, 0.5) is 0 Å². The maximum atomic E-state index is 5.23. The third-order valence-electron chi connectivity index (χ3n) is 9.66. The molecule has 3 aromatic heterocycles. The zero-order chi connectivity index (χ0) is 31.0. The normalized spacial score (nSPS) is 13.3. The molecule has 0 amide bonds. The summed E-state index contributed by atoms with van der Waals surface area (Å²) in [4.78, 5) is 14.1. The zero-order valence-corrected chi connectivity index (χ0v) is 26.0. The lowest BCUT2D eigenvalue weighted by molar-refractivity contribution is 0.725. The van der Waals surface area contributed by atoms with Crippen molar-refractivity contribution < 1.29 is 0 Å². The van der Waals surface area contributed by atoms with Gasteiger partial charge < -0.3 is 0 Å². The zero-order valence-electron chi connectivity index (χ0n) is 25.2. The molecule has 5 heteroatoms. The number of hydrogen-bond donors (Lipinski definition) is 0. The van der Waals surface area contributed by atoms with Gasteiger partial charge in [-0.2, -0.15) is 0 Å². The molecule has 0 N–H and O–H groups in total. The lowest BCUT2D eigenvalue weighted by atomic mass is 9.63. The second-order valence-electron chi connectivity index (χ2n) is 12.0. The predicted molar refractivity (Wildman–Crippen MR) is 192 cm³/mol. The molecule has 6 aromatic carbocycles. The fourth-order valence-electron chi connectivity index (χ4n) is 7.74. The fraction of sp³-hybridized carbons (Fsp3) is 0.0238. The number of aromatic nitrogens is 4. The maximum Gasteiger partial charge on any atom is 0.164 e. The van der Waals surface area contributed by atoms with Crippen molar-refractivity contribution in [3.05, 3.63) is 180 Å². The molecule has 0 bridgehead atoms. The van der Waals surface area contributed by atoms with Crippen LogP contribution in [0.1, 0.15) is 22.3 Å². The Bertz CT molecular complexity index is 2580. The van der Waals surface area contributed by atoms with Gasteiger partial charge in [-0.1, -0.05) is 115 Å². The summed E-state index contributed by atoms with van der Waals surface area (Å²) in [6.45, 7) is 0. The average molecular weight is 619 g/mol. The highest BCUT2D eigenvalue weighted by atomic mass is 32.1. The van der Waals surface area contributed by atoms with Gasteiger partial charge in [-0.05, 0) is 63.7 Å². The van der Waals surface area contributed by atoms with Gasteiger partial charge in [0, 0.05) is 26.4 Å². The molecule has 4 nitrogen and oxygen atoms in total. The van der Waals surface area contributed by atoms with Crippen LogP contribution in [-0.2, 0) is 5.41 Å². The summed E-state index contributed by atoms with van der Waals surface area (Å²) in [7, 11) is 0. The molecule has 0 radical (unpaired) electrons. The first-order valence-corrected chi connectivity index (χ1v) is 16.6. The maximum absolute atomic E-state index is 5.23. The second kappa shape index (κ2) is 10.0. The third-order valence-corrected chi connectivity index (χ3v) is 10.9. The van der Waals surface area contributed by atoms with Gasteiger partial charge in [0.2, 0.25) is 0 Å². The number of imidazole rings is 1. The van der Waals surface area contributed by atoms with E-state index in [2.05, 4.69) is 154 Å². The molecule has 1 aliphatic rings. The Balaban J connectivity index is 1.37. The lowest BCUT2D eigenvalue weighted by Gasteiger charge is -2.41. The molecule has 9 aromatic rings. The number of fused-ring (bicyclic) bond motifs is 5. The molecule has 0 fully saturated rings. The van der Waals surface area contributed by atoms with Crippen LogP contribution in [0.5, 0.6) is 0 Å². The van der Waals surface area contributed by atoms with Gasteiger partial charge in [-0.25, -0.2) is 15.0 Å². The summed E-state index contributed by atoms with van der Waals surface area (Å²) in [5.74, 6) is 0.810. The average Bonchev–Trinajstić information content (AvgIpc) is 3.73.